The lowest BCUT2D eigenvalue weighted by Crippen LogP contribution is -2.46. The van der Waals surface area contributed by atoms with Crippen LogP contribution >= 0.6 is 92.8 Å². The average Bonchev–Trinajstić information content (AvgIpc) is 2.77. The lowest BCUT2D eigenvalue weighted by molar-refractivity contribution is -0.160. The maximum Gasteiger partial charge on any atom is 0.312 e. The van der Waals surface area contributed by atoms with E-state index >= 15 is 0 Å². The Labute approximate surface area is 183 Å². The van der Waals surface area contributed by atoms with Gasteiger partial charge >= 0.3 is 11.9 Å². The number of carbonyl (C=O) groups is 2. The molecule has 0 aliphatic heterocycles. The molecule has 0 amide bonds. The number of allylic oxidation sites excluding steroid dienone is 2. The van der Waals surface area contributed by atoms with Crippen LogP contribution in [0.5, 0.6) is 0 Å². The van der Waals surface area contributed by atoms with Gasteiger partial charge in [0.2, 0.25) is 0 Å². The number of rotatable bonds is 6. The molecule has 4 nitrogen and oxygen atoms in total. The van der Waals surface area contributed by atoms with Crippen LogP contribution in [0, 0.1) is 11.8 Å². The van der Waals surface area contributed by atoms with Crippen molar-refractivity contribution < 1.29 is 19.1 Å². The van der Waals surface area contributed by atoms with Gasteiger partial charge in [0.1, 0.15) is 23.0 Å². The Morgan fingerprint density at radius 1 is 0.800 bits per heavy atom. The zero-order chi connectivity index (χ0) is 19.2. The minimum absolute atomic E-state index is 0.0261. The smallest absolute Gasteiger partial charge is 0.312 e. The lowest BCUT2D eigenvalue weighted by Gasteiger charge is -2.33. The summed E-state index contributed by atoms with van der Waals surface area (Å²) in [5.74, 6) is -4.64. The SMILES string of the molecule is O=C(OCCCl)[C@@H]1[C@H](C(=O)OCCCl)[C@]2(Cl)C(Cl)=C(Cl)[C@]1(Cl)C2(Cl)Cl. The van der Waals surface area contributed by atoms with Crippen LogP contribution < -0.4 is 0 Å². The topological polar surface area (TPSA) is 52.6 Å². The van der Waals surface area contributed by atoms with Gasteiger partial charge in [-0.15, -0.1) is 46.4 Å². The molecule has 1 fully saturated rings. The Kier molecular flexibility index (Phi) is 6.94. The minimum Gasteiger partial charge on any atom is -0.464 e. The van der Waals surface area contributed by atoms with Crippen LogP contribution in [-0.2, 0) is 19.1 Å². The predicted octanol–water partition coefficient (Wildman–Crippen LogP) is 4.63. The maximum absolute atomic E-state index is 12.6. The maximum atomic E-state index is 12.6. The lowest BCUT2D eigenvalue weighted by atomic mass is 9.82. The molecule has 0 aromatic carbocycles. The number of fused-ring (bicyclic) bond motifs is 2. The molecular weight excluding hydrogens is 504 g/mol. The van der Waals surface area contributed by atoms with Crippen LogP contribution in [0.2, 0.25) is 0 Å². The Balaban J connectivity index is 2.58. The molecule has 2 bridgehead atoms. The number of esters is 2. The first kappa shape index (κ1) is 22.3. The van der Waals surface area contributed by atoms with Crippen LogP contribution in [0.3, 0.4) is 0 Å². The molecule has 2 rings (SSSR count). The second-order valence-electron chi connectivity index (χ2n) is 5.29. The summed E-state index contributed by atoms with van der Waals surface area (Å²) in [7, 11) is 0. The largest absolute Gasteiger partial charge is 0.464 e. The molecular formula is C13H10Cl8O4. The fourth-order valence-corrected chi connectivity index (χ4v) is 6.11. The molecule has 0 saturated heterocycles. The van der Waals surface area contributed by atoms with E-state index in [1.807, 2.05) is 0 Å². The van der Waals surface area contributed by atoms with Crippen LogP contribution in [0.25, 0.3) is 0 Å². The predicted molar refractivity (Wildman–Crippen MR) is 101 cm³/mol. The molecule has 12 heteroatoms. The number of carbonyl (C=O) groups excluding carboxylic acids is 2. The highest BCUT2D eigenvalue weighted by Crippen LogP contribution is 2.76. The minimum atomic E-state index is -2.09. The third kappa shape index (κ3) is 2.95. The number of hydrogen-bond acceptors (Lipinski definition) is 4. The van der Waals surface area contributed by atoms with Crippen molar-refractivity contribution in [1.29, 1.82) is 0 Å². The van der Waals surface area contributed by atoms with Gasteiger partial charge in [-0.1, -0.05) is 46.4 Å². The summed E-state index contributed by atoms with van der Waals surface area (Å²) < 4.78 is 7.93. The van der Waals surface area contributed by atoms with Crippen molar-refractivity contribution in [3.05, 3.63) is 10.1 Å². The first-order valence-corrected chi connectivity index (χ1v) is 10.1. The van der Waals surface area contributed by atoms with Gasteiger partial charge in [0.15, 0.2) is 4.33 Å². The number of halogens is 8. The standard InChI is InChI=1S/C13H10Cl8O4/c14-1-3-24-9(22)5-6(10(23)25-4-2-15)12(19)8(17)7(16)11(5,18)13(12,20)21/h5-6H,1-4H2/t5-,6+,11-,12-/m0/s1. The summed E-state index contributed by atoms with van der Waals surface area (Å²) in [6.45, 7) is -0.259. The highest BCUT2D eigenvalue weighted by Gasteiger charge is 2.85. The van der Waals surface area contributed by atoms with E-state index in [-0.39, 0.29) is 35.0 Å². The van der Waals surface area contributed by atoms with Crippen molar-refractivity contribution in [1.82, 2.24) is 0 Å². The summed E-state index contributed by atoms with van der Waals surface area (Å²) in [5, 5.41) is -0.463. The summed E-state index contributed by atoms with van der Waals surface area (Å²) >= 11 is 49.2. The van der Waals surface area contributed by atoms with Crippen LogP contribution in [0.4, 0.5) is 0 Å². The van der Waals surface area contributed by atoms with Gasteiger partial charge in [0.05, 0.1) is 33.7 Å². The van der Waals surface area contributed by atoms with Crippen molar-refractivity contribution >= 4 is 105 Å². The fourth-order valence-electron chi connectivity index (χ4n) is 3.04. The van der Waals surface area contributed by atoms with E-state index in [0.29, 0.717) is 0 Å². The van der Waals surface area contributed by atoms with Crippen molar-refractivity contribution in [2.45, 2.75) is 14.1 Å². The second-order valence-corrected chi connectivity index (χ2v) is 9.33. The number of ether oxygens (including phenoxy) is 2. The third-order valence-electron chi connectivity index (χ3n) is 4.09. The molecule has 2 aliphatic rings. The average molecular weight is 514 g/mol. The van der Waals surface area contributed by atoms with Crippen molar-refractivity contribution in [2.75, 3.05) is 25.0 Å². The summed E-state index contributed by atoms with van der Waals surface area (Å²) in [4.78, 5) is 21.2. The van der Waals surface area contributed by atoms with E-state index in [1.165, 1.54) is 0 Å². The molecule has 0 spiro atoms. The third-order valence-corrected chi connectivity index (χ3v) is 8.65. The Morgan fingerprint density at radius 3 is 1.40 bits per heavy atom. The quantitative estimate of drug-likeness (QED) is 0.384. The van der Waals surface area contributed by atoms with Crippen LogP contribution in [0.15, 0.2) is 10.1 Å². The van der Waals surface area contributed by atoms with E-state index in [0.717, 1.165) is 0 Å². The van der Waals surface area contributed by atoms with Gasteiger partial charge in [0, 0.05) is 0 Å². The molecule has 0 aromatic heterocycles. The zero-order valence-electron chi connectivity index (χ0n) is 12.1. The fraction of sp³-hybridized carbons (Fsp3) is 0.692. The molecule has 25 heavy (non-hydrogen) atoms. The van der Waals surface area contributed by atoms with Gasteiger partial charge in [-0.3, -0.25) is 9.59 Å². The first-order chi connectivity index (χ1) is 11.5. The van der Waals surface area contributed by atoms with Gasteiger partial charge in [0.25, 0.3) is 0 Å². The molecule has 0 N–H and O–H groups in total. The van der Waals surface area contributed by atoms with Gasteiger partial charge in [-0.05, 0) is 0 Å². The van der Waals surface area contributed by atoms with Crippen LogP contribution in [-0.4, -0.2) is 51.0 Å². The van der Waals surface area contributed by atoms with E-state index < -0.39 is 37.9 Å². The Morgan fingerprint density at radius 2 is 1.12 bits per heavy atom. The first-order valence-electron chi connectivity index (χ1n) is 6.80. The second kappa shape index (κ2) is 7.79. The van der Waals surface area contributed by atoms with Crippen molar-refractivity contribution in [3.63, 3.8) is 0 Å². The Bertz CT molecular complexity index is 573. The molecule has 4 atom stereocenters. The molecule has 1 saturated carbocycles. The van der Waals surface area contributed by atoms with E-state index in [1.54, 1.807) is 0 Å². The molecule has 0 heterocycles. The van der Waals surface area contributed by atoms with Crippen molar-refractivity contribution in [2.24, 2.45) is 11.8 Å². The van der Waals surface area contributed by atoms with Crippen molar-refractivity contribution in [3.8, 4) is 0 Å². The van der Waals surface area contributed by atoms with Gasteiger partial charge in [-0.2, -0.15) is 0 Å². The van der Waals surface area contributed by atoms with E-state index in [4.69, 9.17) is 102 Å². The van der Waals surface area contributed by atoms with Gasteiger partial charge < -0.3 is 9.47 Å². The molecule has 0 unspecified atom stereocenters. The molecule has 142 valence electrons. The van der Waals surface area contributed by atoms with Gasteiger partial charge in [-0.25, -0.2) is 0 Å². The zero-order valence-corrected chi connectivity index (χ0v) is 18.2. The molecule has 0 aromatic rings. The highest BCUT2D eigenvalue weighted by molar-refractivity contribution is 6.66. The summed E-state index contributed by atoms with van der Waals surface area (Å²) in [6.07, 6.45) is 0. The molecule has 2 aliphatic carbocycles. The highest BCUT2D eigenvalue weighted by atomic mass is 35.5. The number of alkyl halides is 6. The van der Waals surface area contributed by atoms with Crippen LogP contribution in [0.1, 0.15) is 0 Å². The van der Waals surface area contributed by atoms with E-state index in [2.05, 4.69) is 0 Å². The summed E-state index contributed by atoms with van der Waals surface area (Å²) in [5.41, 5.74) is 0. The summed E-state index contributed by atoms with van der Waals surface area (Å²) in [6, 6.07) is 0. The normalized spacial score (nSPS) is 35.8. The number of hydrogen-bond donors (Lipinski definition) is 0. The monoisotopic (exact) mass is 510 g/mol. The Hall–Kier alpha value is 1.000. The molecule has 0 radical (unpaired) electrons. The van der Waals surface area contributed by atoms with E-state index in [9.17, 15) is 9.59 Å².